The third-order valence-electron chi connectivity index (χ3n) is 7.00. The monoisotopic (exact) mass is 543 g/mol. The van der Waals surface area contributed by atoms with Crippen molar-refractivity contribution < 1.29 is 14.3 Å². The Bertz CT molecular complexity index is 1460. The van der Waals surface area contributed by atoms with Gasteiger partial charge in [0.05, 0.1) is 37.3 Å². The SMILES string of the molecule is CN(c1cncn1Cc1ccccc1)C1CCOc2c(C(=O)N[C@@H](Cc3ccc(Cl)cc3)C(N)=O)cccc21. The summed E-state index contributed by atoms with van der Waals surface area (Å²) in [7, 11) is 2.03. The number of fused-ring (bicyclic) bond motifs is 1. The summed E-state index contributed by atoms with van der Waals surface area (Å²) in [5, 5.41) is 3.39. The highest BCUT2D eigenvalue weighted by atomic mass is 35.5. The second kappa shape index (κ2) is 11.6. The fourth-order valence-corrected chi connectivity index (χ4v) is 5.10. The molecule has 0 fully saturated rings. The molecule has 4 aromatic rings. The highest BCUT2D eigenvalue weighted by molar-refractivity contribution is 6.30. The van der Waals surface area contributed by atoms with E-state index in [9.17, 15) is 9.59 Å². The molecule has 0 saturated heterocycles. The molecule has 1 unspecified atom stereocenters. The van der Waals surface area contributed by atoms with Crippen molar-refractivity contribution in [3.8, 4) is 5.75 Å². The Morgan fingerprint density at radius 3 is 2.62 bits per heavy atom. The average molecular weight is 544 g/mol. The first-order valence-corrected chi connectivity index (χ1v) is 13.2. The standard InChI is InChI=1S/C30H30ClN5O3/c1-35(27-17-33-19-36(27)18-21-6-3-2-4-7-21)26-14-15-39-28-23(26)8-5-9-24(28)30(38)34-25(29(32)37)16-20-10-12-22(31)13-11-20/h2-13,17,19,25-26H,14-16,18H2,1H3,(H2,32,37)(H,34,38)/t25-,26?/m0/s1. The third kappa shape index (κ3) is 5.91. The maximum Gasteiger partial charge on any atom is 0.255 e. The molecule has 5 rings (SSSR count). The first-order valence-electron chi connectivity index (χ1n) is 12.8. The quantitative estimate of drug-likeness (QED) is 0.326. The maximum atomic E-state index is 13.4. The number of primary amides is 1. The molecule has 3 N–H and O–H groups in total. The number of imidazole rings is 1. The topological polar surface area (TPSA) is 102 Å². The lowest BCUT2D eigenvalue weighted by Crippen LogP contribution is -2.46. The number of hydrogen-bond donors (Lipinski definition) is 2. The van der Waals surface area contributed by atoms with Gasteiger partial charge < -0.3 is 25.3 Å². The summed E-state index contributed by atoms with van der Waals surface area (Å²) in [4.78, 5) is 32.2. The van der Waals surface area contributed by atoms with E-state index >= 15 is 0 Å². The number of aromatic nitrogens is 2. The summed E-state index contributed by atoms with van der Waals surface area (Å²) < 4.78 is 8.14. The zero-order chi connectivity index (χ0) is 27.4. The number of amides is 2. The summed E-state index contributed by atoms with van der Waals surface area (Å²) >= 11 is 5.97. The Balaban J connectivity index is 1.37. The lowest BCUT2D eigenvalue weighted by molar-refractivity contribution is -0.119. The molecule has 2 atom stereocenters. The minimum Gasteiger partial charge on any atom is -0.492 e. The van der Waals surface area contributed by atoms with Crippen LogP contribution in [0.15, 0.2) is 85.3 Å². The number of nitrogens with zero attached hydrogens (tertiary/aromatic N) is 3. The van der Waals surface area contributed by atoms with E-state index in [4.69, 9.17) is 22.1 Å². The van der Waals surface area contributed by atoms with Gasteiger partial charge in [0.15, 0.2) is 0 Å². The molecular formula is C30H30ClN5O3. The van der Waals surface area contributed by atoms with Gasteiger partial charge in [-0.2, -0.15) is 0 Å². The van der Waals surface area contributed by atoms with Gasteiger partial charge in [0, 0.05) is 30.5 Å². The van der Waals surface area contributed by atoms with Gasteiger partial charge in [-0.1, -0.05) is 66.2 Å². The van der Waals surface area contributed by atoms with Crippen molar-refractivity contribution in [3.05, 3.63) is 113 Å². The fourth-order valence-electron chi connectivity index (χ4n) is 4.97. The second-order valence-corrected chi connectivity index (χ2v) is 10.0. The number of para-hydroxylation sites is 1. The van der Waals surface area contributed by atoms with Gasteiger partial charge in [-0.05, 0) is 29.3 Å². The van der Waals surface area contributed by atoms with Crippen LogP contribution in [0.4, 0.5) is 5.82 Å². The van der Waals surface area contributed by atoms with Gasteiger partial charge in [0.25, 0.3) is 5.91 Å². The number of hydrogen-bond acceptors (Lipinski definition) is 5. The van der Waals surface area contributed by atoms with Crippen LogP contribution in [0.25, 0.3) is 0 Å². The van der Waals surface area contributed by atoms with Gasteiger partial charge in [-0.15, -0.1) is 0 Å². The lowest BCUT2D eigenvalue weighted by Gasteiger charge is -2.35. The molecule has 0 saturated carbocycles. The van der Waals surface area contributed by atoms with Crippen LogP contribution in [0.5, 0.6) is 5.75 Å². The molecule has 0 bridgehead atoms. The molecule has 9 heteroatoms. The Hall–Kier alpha value is -4.30. The molecule has 1 aromatic heterocycles. The Morgan fingerprint density at radius 1 is 1.10 bits per heavy atom. The van der Waals surface area contributed by atoms with Crippen LogP contribution in [0, 0.1) is 0 Å². The number of ether oxygens (including phenoxy) is 1. The number of carbonyl (C=O) groups is 2. The molecule has 0 radical (unpaired) electrons. The molecule has 1 aliphatic rings. The normalized spacial score (nSPS) is 15.1. The molecule has 2 amide bonds. The van der Waals surface area contributed by atoms with Gasteiger partial charge in [0.2, 0.25) is 5.91 Å². The van der Waals surface area contributed by atoms with Crippen LogP contribution in [-0.2, 0) is 17.8 Å². The smallest absolute Gasteiger partial charge is 0.255 e. The van der Waals surface area contributed by atoms with Gasteiger partial charge >= 0.3 is 0 Å². The number of nitrogens with one attached hydrogen (secondary N) is 1. The van der Waals surface area contributed by atoms with E-state index in [1.165, 1.54) is 5.56 Å². The summed E-state index contributed by atoms with van der Waals surface area (Å²) in [5.74, 6) is 0.445. The molecule has 3 aromatic carbocycles. The number of rotatable bonds is 9. The van der Waals surface area contributed by atoms with Crippen molar-refractivity contribution in [3.63, 3.8) is 0 Å². The molecule has 0 aliphatic carbocycles. The first kappa shape index (κ1) is 26.3. The van der Waals surface area contributed by atoms with Crippen LogP contribution in [0.2, 0.25) is 5.02 Å². The van der Waals surface area contributed by atoms with Gasteiger partial charge in [-0.3, -0.25) is 9.59 Å². The average Bonchev–Trinajstić information content (AvgIpc) is 3.41. The predicted octanol–water partition coefficient (Wildman–Crippen LogP) is 4.37. The van der Waals surface area contributed by atoms with Crippen molar-refractivity contribution in [2.75, 3.05) is 18.6 Å². The third-order valence-corrected chi connectivity index (χ3v) is 7.26. The molecule has 39 heavy (non-hydrogen) atoms. The molecule has 0 spiro atoms. The number of nitrogens with two attached hydrogens (primary N) is 1. The molecular weight excluding hydrogens is 514 g/mol. The number of anilines is 1. The molecule has 2 heterocycles. The number of carbonyl (C=O) groups excluding carboxylic acids is 2. The second-order valence-electron chi connectivity index (χ2n) is 9.61. The largest absolute Gasteiger partial charge is 0.492 e. The maximum absolute atomic E-state index is 13.4. The van der Waals surface area contributed by atoms with Crippen molar-refractivity contribution >= 4 is 29.2 Å². The first-order chi connectivity index (χ1) is 18.9. The van der Waals surface area contributed by atoms with Crippen molar-refractivity contribution in [2.45, 2.75) is 31.5 Å². The fraction of sp³-hybridized carbons (Fsp3) is 0.233. The van der Waals surface area contributed by atoms with E-state index in [0.717, 1.165) is 23.4 Å². The van der Waals surface area contributed by atoms with Crippen molar-refractivity contribution in [1.29, 1.82) is 0 Å². The van der Waals surface area contributed by atoms with E-state index < -0.39 is 17.9 Å². The predicted molar refractivity (Wildman–Crippen MR) is 151 cm³/mol. The summed E-state index contributed by atoms with van der Waals surface area (Å²) in [6.45, 7) is 1.14. The summed E-state index contributed by atoms with van der Waals surface area (Å²) in [5.41, 5.74) is 8.92. The van der Waals surface area contributed by atoms with Crippen LogP contribution in [0.1, 0.15) is 39.5 Å². The Morgan fingerprint density at radius 2 is 1.87 bits per heavy atom. The molecule has 200 valence electrons. The highest BCUT2D eigenvalue weighted by Crippen LogP contribution is 2.39. The number of halogens is 1. The van der Waals surface area contributed by atoms with Crippen LogP contribution in [-0.4, -0.2) is 41.1 Å². The minimum atomic E-state index is -0.885. The van der Waals surface area contributed by atoms with Crippen LogP contribution in [0.3, 0.4) is 0 Å². The highest BCUT2D eigenvalue weighted by Gasteiger charge is 2.31. The molecule has 1 aliphatic heterocycles. The van der Waals surface area contributed by atoms with Gasteiger partial charge in [-0.25, -0.2) is 4.98 Å². The van der Waals surface area contributed by atoms with Crippen molar-refractivity contribution in [2.24, 2.45) is 5.73 Å². The van der Waals surface area contributed by atoms with E-state index in [-0.39, 0.29) is 12.5 Å². The lowest BCUT2D eigenvalue weighted by atomic mass is 9.95. The minimum absolute atomic E-state index is 0.0336. The van der Waals surface area contributed by atoms with E-state index in [0.29, 0.717) is 29.5 Å². The zero-order valence-corrected chi connectivity index (χ0v) is 22.3. The summed E-state index contributed by atoms with van der Waals surface area (Å²) in [6, 6.07) is 21.9. The number of benzene rings is 3. The van der Waals surface area contributed by atoms with Gasteiger partial charge in [0.1, 0.15) is 17.6 Å². The summed E-state index contributed by atoms with van der Waals surface area (Å²) in [6.07, 6.45) is 4.67. The van der Waals surface area contributed by atoms with E-state index in [1.807, 2.05) is 49.9 Å². The zero-order valence-electron chi connectivity index (χ0n) is 21.6. The Labute approximate surface area is 232 Å². The van der Waals surface area contributed by atoms with E-state index in [2.05, 4.69) is 31.9 Å². The molecule has 8 nitrogen and oxygen atoms in total. The van der Waals surface area contributed by atoms with E-state index in [1.54, 1.807) is 30.3 Å². The van der Waals surface area contributed by atoms with Crippen LogP contribution >= 0.6 is 11.6 Å². The Kier molecular flexibility index (Phi) is 7.84. The van der Waals surface area contributed by atoms with Crippen molar-refractivity contribution in [1.82, 2.24) is 14.9 Å². The van der Waals surface area contributed by atoms with Crippen LogP contribution < -0.4 is 20.7 Å².